The molecule has 2 unspecified atom stereocenters. The Kier molecular flexibility index (Phi) is 7.82. The fourth-order valence-corrected chi connectivity index (χ4v) is 6.33. The predicted molar refractivity (Wildman–Crippen MR) is 135 cm³/mol. The average molecular weight is 473 g/mol. The molecule has 2 aromatic carbocycles. The van der Waals surface area contributed by atoms with E-state index < -0.39 is 15.3 Å². The van der Waals surface area contributed by atoms with Gasteiger partial charge >= 0.3 is 0 Å². The number of hydrogen-bond donors (Lipinski definition) is 3. The highest BCUT2D eigenvalue weighted by atomic mass is 32.2. The van der Waals surface area contributed by atoms with E-state index in [0.29, 0.717) is 23.2 Å². The van der Waals surface area contributed by atoms with Gasteiger partial charge in [0.2, 0.25) is 15.9 Å². The number of carbonyl (C=O) groups excluding carboxylic acids is 1. The highest BCUT2D eigenvalue weighted by molar-refractivity contribution is 7.93. The number of hydrogen-bond acceptors (Lipinski definition) is 5. The summed E-state index contributed by atoms with van der Waals surface area (Å²) in [4.78, 5) is 13.0. The van der Waals surface area contributed by atoms with Gasteiger partial charge in [-0.3, -0.25) is 20.0 Å². The van der Waals surface area contributed by atoms with Crippen LogP contribution in [0, 0.1) is 0 Å². The van der Waals surface area contributed by atoms with Crippen LogP contribution in [0.3, 0.4) is 0 Å². The van der Waals surface area contributed by atoms with Crippen molar-refractivity contribution in [2.45, 2.75) is 70.7 Å². The zero-order chi connectivity index (χ0) is 24.3. The second kappa shape index (κ2) is 10.2. The third-order valence-electron chi connectivity index (χ3n) is 6.17. The molecule has 2 atom stereocenters. The van der Waals surface area contributed by atoms with E-state index in [-0.39, 0.29) is 24.5 Å². The summed E-state index contributed by atoms with van der Waals surface area (Å²) in [6.07, 6.45) is 0. The van der Waals surface area contributed by atoms with E-state index in [1.165, 1.54) is 9.87 Å². The van der Waals surface area contributed by atoms with Crippen molar-refractivity contribution < 1.29 is 13.2 Å². The number of hydrazine groups is 1. The van der Waals surface area contributed by atoms with Crippen molar-refractivity contribution in [3.05, 3.63) is 59.7 Å². The number of anilines is 2. The molecule has 1 amide bonds. The summed E-state index contributed by atoms with van der Waals surface area (Å²) in [5.74, 6) is 0.328. The van der Waals surface area contributed by atoms with Gasteiger partial charge in [-0.15, -0.1) is 0 Å². The summed E-state index contributed by atoms with van der Waals surface area (Å²) in [7, 11) is -3.84. The molecule has 1 aliphatic rings. The van der Waals surface area contributed by atoms with Gasteiger partial charge in [0.15, 0.2) is 0 Å². The molecule has 1 fully saturated rings. The molecule has 3 rings (SSSR count). The van der Waals surface area contributed by atoms with Gasteiger partial charge in [0.05, 0.1) is 5.69 Å². The summed E-state index contributed by atoms with van der Waals surface area (Å²) in [6.45, 7) is 11.7. The minimum absolute atomic E-state index is 0.297. The first kappa shape index (κ1) is 25.2. The number of carbonyl (C=O) groups is 1. The minimum Gasteiger partial charge on any atom is -0.325 e. The molecule has 0 radical (unpaired) electrons. The molecular formula is C25H36N4O3S. The van der Waals surface area contributed by atoms with Gasteiger partial charge in [0.25, 0.3) is 0 Å². The third kappa shape index (κ3) is 5.75. The minimum atomic E-state index is -3.84. The normalized spacial score (nSPS) is 20.9. The Morgan fingerprint density at radius 3 is 1.79 bits per heavy atom. The van der Waals surface area contributed by atoms with Crippen molar-refractivity contribution in [2.24, 2.45) is 0 Å². The Hall–Kier alpha value is -2.42. The quantitative estimate of drug-likeness (QED) is 0.541. The molecule has 2 aromatic rings. The third-order valence-corrected chi connectivity index (χ3v) is 8.63. The van der Waals surface area contributed by atoms with Gasteiger partial charge in [-0.2, -0.15) is 0 Å². The zero-order valence-electron chi connectivity index (χ0n) is 20.3. The second-order valence-electron chi connectivity index (χ2n) is 9.45. The smallest absolute Gasteiger partial charge is 0.245 e. The lowest BCUT2D eigenvalue weighted by Crippen LogP contribution is -2.49. The molecule has 0 spiro atoms. The molecule has 33 heavy (non-hydrogen) atoms. The molecule has 3 N–H and O–H groups in total. The molecule has 0 aromatic heterocycles. The summed E-state index contributed by atoms with van der Waals surface area (Å²) < 4.78 is 28.7. The SMILES string of the molecule is CC(C)c1ccc(NC(=O)CN(c2ccc(C(C)C)cc2)S(=O)(=O)C2C(C)NNC2C)cc1. The number of sulfonamides is 1. The lowest BCUT2D eigenvalue weighted by atomic mass is 10.0. The van der Waals surface area contributed by atoms with E-state index in [0.717, 1.165) is 5.56 Å². The lowest BCUT2D eigenvalue weighted by molar-refractivity contribution is -0.114. The van der Waals surface area contributed by atoms with Crippen molar-refractivity contribution in [3.8, 4) is 0 Å². The van der Waals surface area contributed by atoms with Crippen LogP contribution in [0.15, 0.2) is 48.5 Å². The largest absolute Gasteiger partial charge is 0.325 e. The Bertz CT molecular complexity index is 1040. The summed E-state index contributed by atoms with van der Waals surface area (Å²) in [6, 6.07) is 14.4. The first-order chi connectivity index (χ1) is 15.5. The first-order valence-electron chi connectivity index (χ1n) is 11.5. The number of rotatable bonds is 8. The van der Waals surface area contributed by atoms with E-state index in [1.54, 1.807) is 12.1 Å². The molecule has 1 saturated heterocycles. The van der Waals surface area contributed by atoms with Crippen LogP contribution in [0.2, 0.25) is 0 Å². The highest BCUT2D eigenvalue weighted by Crippen LogP contribution is 2.27. The van der Waals surface area contributed by atoms with Crippen LogP contribution < -0.4 is 20.5 Å². The molecule has 0 bridgehead atoms. The van der Waals surface area contributed by atoms with E-state index in [2.05, 4.69) is 43.9 Å². The van der Waals surface area contributed by atoms with Crippen LogP contribution in [-0.4, -0.2) is 38.2 Å². The van der Waals surface area contributed by atoms with Gasteiger partial charge in [-0.05, 0) is 61.1 Å². The average Bonchev–Trinajstić information content (AvgIpc) is 3.11. The van der Waals surface area contributed by atoms with Crippen LogP contribution in [0.4, 0.5) is 11.4 Å². The Balaban J connectivity index is 1.88. The maximum Gasteiger partial charge on any atom is 0.245 e. The van der Waals surface area contributed by atoms with Crippen LogP contribution in [0.1, 0.15) is 64.5 Å². The van der Waals surface area contributed by atoms with Gasteiger partial charge in [0.1, 0.15) is 11.8 Å². The summed E-state index contributed by atoms with van der Waals surface area (Å²) in [5, 5.41) is 2.14. The number of benzene rings is 2. The molecule has 180 valence electrons. The highest BCUT2D eigenvalue weighted by Gasteiger charge is 2.44. The van der Waals surface area contributed by atoms with E-state index in [9.17, 15) is 13.2 Å². The topological polar surface area (TPSA) is 90.5 Å². The van der Waals surface area contributed by atoms with Crippen molar-refractivity contribution in [2.75, 3.05) is 16.2 Å². The number of nitrogens with one attached hydrogen (secondary N) is 3. The first-order valence-corrected chi connectivity index (χ1v) is 13.0. The molecule has 0 saturated carbocycles. The Morgan fingerprint density at radius 1 is 0.879 bits per heavy atom. The van der Waals surface area contributed by atoms with Gasteiger partial charge in [-0.25, -0.2) is 8.42 Å². The van der Waals surface area contributed by atoms with Gasteiger partial charge < -0.3 is 5.32 Å². The van der Waals surface area contributed by atoms with E-state index in [1.807, 2.05) is 50.2 Å². The van der Waals surface area contributed by atoms with Crippen molar-refractivity contribution >= 4 is 27.3 Å². The van der Waals surface area contributed by atoms with Crippen molar-refractivity contribution in [1.29, 1.82) is 0 Å². The molecular weight excluding hydrogens is 436 g/mol. The van der Waals surface area contributed by atoms with Gasteiger partial charge in [0, 0.05) is 17.8 Å². The Morgan fingerprint density at radius 2 is 1.33 bits per heavy atom. The standard InChI is InChI=1S/C25H36N4O3S/c1-16(2)20-7-11-22(12-8-20)26-24(30)15-29(23-13-9-21(10-14-23)17(3)4)33(31,32)25-18(5)27-28-19(25)6/h7-14,16-19,25,27-28H,15H2,1-6H3,(H,26,30). The number of amides is 1. The molecule has 1 aliphatic heterocycles. The fraction of sp³-hybridized carbons (Fsp3) is 0.480. The zero-order valence-corrected chi connectivity index (χ0v) is 21.1. The summed E-state index contributed by atoms with van der Waals surface area (Å²) in [5.41, 5.74) is 9.42. The molecule has 1 heterocycles. The maximum absolute atomic E-state index is 13.7. The van der Waals surface area contributed by atoms with E-state index >= 15 is 0 Å². The van der Waals surface area contributed by atoms with Crippen LogP contribution in [-0.2, 0) is 14.8 Å². The predicted octanol–water partition coefficient (Wildman–Crippen LogP) is 3.96. The number of nitrogens with zero attached hydrogens (tertiary/aromatic N) is 1. The van der Waals surface area contributed by atoms with Crippen LogP contribution in [0.5, 0.6) is 0 Å². The van der Waals surface area contributed by atoms with Crippen LogP contribution in [0.25, 0.3) is 0 Å². The van der Waals surface area contributed by atoms with E-state index in [4.69, 9.17) is 0 Å². The van der Waals surface area contributed by atoms with Crippen molar-refractivity contribution in [3.63, 3.8) is 0 Å². The Labute approximate surface area is 198 Å². The molecule has 7 nitrogen and oxygen atoms in total. The second-order valence-corrected chi connectivity index (χ2v) is 11.5. The lowest BCUT2D eigenvalue weighted by Gasteiger charge is -2.30. The maximum atomic E-state index is 13.7. The van der Waals surface area contributed by atoms with Crippen molar-refractivity contribution in [1.82, 2.24) is 10.9 Å². The fourth-order valence-electron chi connectivity index (χ4n) is 4.16. The summed E-state index contributed by atoms with van der Waals surface area (Å²) >= 11 is 0. The molecule has 0 aliphatic carbocycles. The monoisotopic (exact) mass is 472 g/mol. The molecule has 8 heteroatoms. The van der Waals surface area contributed by atoms with Crippen LogP contribution >= 0.6 is 0 Å². The van der Waals surface area contributed by atoms with Gasteiger partial charge in [-0.1, -0.05) is 52.0 Å².